The van der Waals surface area contributed by atoms with Crippen LogP contribution in [0.4, 0.5) is 8.78 Å². The molecule has 0 spiro atoms. The second-order valence-corrected chi connectivity index (χ2v) is 3.74. The van der Waals surface area contributed by atoms with Gasteiger partial charge in [-0.2, -0.15) is 8.78 Å². The molecule has 0 bridgehead atoms. The van der Waals surface area contributed by atoms with E-state index in [2.05, 4.69) is 4.74 Å². The van der Waals surface area contributed by atoms with Crippen LogP contribution in [0.3, 0.4) is 0 Å². The lowest BCUT2D eigenvalue weighted by molar-refractivity contribution is -0.262. The second kappa shape index (κ2) is 4.90. The Hall–Kier alpha value is -0.670. The van der Waals surface area contributed by atoms with E-state index in [9.17, 15) is 8.78 Å². The zero-order valence-corrected chi connectivity index (χ0v) is 9.39. The molecular weight excluding hydrogens is 222 g/mol. The predicted octanol–water partition coefficient (Wildman–Crippen LogP) is 4.42. The highest BCUT2D eigenvalue weighted by molar-refractivity contribution is 6.30. The second-order valence-electron chi connectivity index (χ2n) is 3.30. The van der Waals surface area contributed by atoms with Crippen LogP contribution in [-0.2, 0) is 4.74 Å². The molecule has 0 aromatic heterocycles. The van der Waals surface area contributed by atoms with Crippen LogP contribution >= 0.6 is 11.6 Å². The molecule has 15 heavy (non-hydrogen) atoms. The zero-order chi connectivity index (χ0) is 11.5. The molecule has 1 aromatic carbocycles. The summed E-state index contributed by atoms with van der Waals surface area (Å²) in [5.74, 6) is 0. The van der Waals surface area contributed by atoms with Crippen LogP contribution in [0, 0.1) is 0 Å². The average Bonchev–Trinajstić information content (AvgIpc) is 2.18. The molecule has 0 aliphatic carbocycles. The summed E-state index contributed by atoms with van der Waals surface area (Å²) in [7, 11) is 0. The van der Waals surface area contributed by atoms with E-state index >= 15 is 0 Å². The van der Waals surface area contributed by atoms with Crippen molar-refractivity contribution in [1.82, 2.24) is 0 Å². The predicted molar refractivity (Wildman–Crippen MR) is 56.2 cm³/mol. The lowest BCUT2D eigenvalue weighted by Gasteiger charge is -2.20. The highest BCUT2D eigenvalue weighted by Gasteiger charge is 2.30. The number of ether oxygens (including phenoxy) is 1. The van der Waals surface area contributed by atoms with Crippen LogP contribution in [-0.4, -0.2) is 6.11 Å². The van der Waals surface area contributed by atoms with Crippen molar-refractivity contribution in [2.75, 3.05) is 0 Å². The van der Waals surface area contributed by atoms with Crippen molar-refractivity contribution < 1.29 is 13.5 Å². The van der Waals surface area contributed by atoms with E-state index in [1.807, 2.05) is 0 Å². The van der Waals surface area contributed by atoms with Crippen molar-refractivity contribution in [3.05, 3.63) is 34.9 Å². The van der Waals surface area contributed by atoms with Gasteiger partial charge in [-0.3, -0.25) is 0 Å². The Labute approximate surface area is 93.0 Å². The molecule has 0 saturated heterocycles. The van der Waals surface area contributed by atoms with Crippen molar-refractivity contribution in [3.63, 3.8) is 0 Å². The van der Waals surface area contributed by atoms with Crippen LogP contribution < -0.4 is 0 Å². The fraction of sp³-hybridized carbons (Fsp3) is 0.455. The van der Waals surface area contributed by atoms with Crippen LogP contribution in [0.25, 0.3) is 0 Å². The molecule has 0 aliphatic heterocycles. The standard InChI is InChI=1S/C11H13ClF2O/c1-3-11(13,14)15-8(2)9-4-6-10(12)7-5-9/h4-8H,3H2,1-2H3. The SMILES string of the molecule is CCC(F)(F)OC(C)c1ccc(Cl)cc1. The van der Waals surface area contributed by atoms with Gasteiger partial charge in [0, 0.05) is 11.4 Å². The number of hydrogen-bond donors (Lipinski definition) is 0. The minimum Gasteiger partial charge on any atom is -0.313 e. The fourth-order valence-electron chi connectivity index (χ4n) is 1.14. The van der Waals surface area contributed by atoms with Gasteiger partial charge in [-0.25, -0.2) is 0 Å². The summed E-state index contributed by atoms with van der Waals surface area (Å²) in [6, 6.07) is 6.67. The molecule has 1 rings (SSSR count). The van der Waals surface area contributed by atoms with Crippen LogP contribution in [0.2, 0.25) is 5.02 Å². The molecule has 0 N–H and O–H groups in total. The van der Waals surface area contributed by atoms with Crippen molar-refractivity contribution >= 4 is 11.6 Å². The fourth-order valence-corrected chi connectivity index (χ4v) is 1.27. The van der Waals surface area contributed by atoms with E-state index in [4.69, 9.17) is 11.6 Å². The normalized spacial score (nSPS) is 13.9. The van der Waals surface area contributed by atoms with E-state index in [-0.39, 0.29) is 6.42 Å². The quantitative estimate of drug-likeness (QED) is 0.749. The molecule has 0 saturated carbocycles. The van der Waals surface area contributed by atoms with Crippen molar-refractivity contribution in [1.29, 1.82) is 0 Å². The molecule has 1 unspecified atom stereocenters. The topological polar surface area (TPSA) is 9.23 Å². The first-order chi connectivity index (χ1) is 6.94. The minimum atomic E-state index is -3.07. The van der Waals surface area contributed by atoms with Gasteiger partial charge in [0.2, 0.25) is 0 Å². The molecule has 0 amide bonds. The minimum absolute atomic E-state index is 0.328. The Kier molecular flexibility index (Phi) is 4.05. The van der Waals surface area contributed by atoms with Gasteiger partial charge >= 0.3 is 6.11 Å². The molecular formula is C11H13ClF2O. The molecule has 1 aromatic rings. The van der Waals surface area contributed by atoms with Crippen molar-refractivity contribution in [3.8, 4) is 0 Å². The van der Waals surface area contributed by atoms with Crippen molar-refractivity contribution in [2.45, 2.75) is 32.5 Å². The Morgan fingerprint density at radius 2 is 1.87 bits per heavy atom. The van der Waals surface area contributed by atoms with E-state index in [1.54, 1.807) is 31.2 Å². The summed E-state index contributed by atoms with van der Waals surface area (Å²) in [5.41, 5.74) is 0.688. The van der Waals surface area contributed by atoms with E-state index < -0.39 is 12.2 Å². The maximum absolute atomic E-state index is 12.9. The monoisotopic (exact) mass is 234 g/mol. The Morgan fingerprint density at radius 1 is 1.33 bits per heavy atom. The largest absolute Gasteiger partial charge is 0.356 e. The van der Waals surface area contributed by atoms with Crippen LogP contribution in [0.1, 0.15) is 31.9 Å². The summed E-state index contributed by atoms with van der Waals surface area (Å²) in [4.78, 5) is 0. The third-order valence-electron chi connectivity index (χ3n) is 2.10. The molecule has 0 fully saturated rings. The summed E-state index contributed by atoms with van der Waals surface area (Å²) < 4.78 is 30.5. The molecule has 4 heteroatoms. The third kappa shape index (κ3) is 3.76. The molecule has 0 aliphatic rings. The van der Waals surface area contributed by atoms with Gasteiger partial charge in [0.05, 0.1) is 6.10 Å². The van der Waals surface area contributed by atoms with Gasteiger partial charge in [-0.05, 0) is 24.6 Å². The highest BCUT2D eigenvalue weighted by atomic mass is 35.5. The summed E-state index contributed by atoms with van der Waals surface area (Å²) in [5, 5.41) is 0.577. The van der Waals surface area contributed by atoms with Gasteiger partial charge < -0.3 is 4.74 Å². The number of halogens is 3. The molecule has 0 heterocycles. The smallest absolute Gasteiger partial charge is 0.313 e. The first kappa shape index (κ1) is 12.4. The Balaban J connectivity index is 2.69. The molecule has 0 radical (unpaired) electrons. The van der Waals surface area contributed by atoms with Gasteiger partial charge in [0.1, 0.15) is 0 Å². The maximum Gasteiger partial charge on any atom is 0.356 e. The third-order valence-corrected chi connectivity index (χ3v) is 2.35. The molecule has 1 atom stereocenters. The lowest BCUT2D eigenvalue weighted by Crippen LogP contribution is -2.21. The van der Waals surface area contributed by atoms with Crippen LogP contribution in [0.5, 0.6) is 0 Å². The van der Waals surface area contributed by atoms with Crippen molar-refractivity contribution in [2.24, 2.45) is 0 Å². The first-order valence-corrected chi connectivity index (χ1v) is 5.13. The molecule has 84 valence electrons. The van der Waals surface area contributed by atoms with Gasteiger partial charge in [-0.15, -0.1) is 0 Å². The summed E-state index contributed by atoms with van der Waals surface area (Å²) in [6.45, 7) is 2.97. The number of hydrogen-bond acceptors (Lipinski definition) is 1. The highest BCUT2D eigenvalue weighted by Crippen LogP contribution is 2.29. The van der Waals surface area contributed by atoms with E-state index in [1.165, 1.54) is 6.92 Å². The Morgan fingerprint density at radius 3 is 2.33 bits per heavy atom. The van der Waals surface area contributed by atoms with E-state index in [0.717, 1.165) is 0 Å². The number of alkyl halides is 2. The summed E-state index contributed by atoms with van der Waals surface area (Å²) >= 11 is 5.69. The van der Waals surface area contributed by atoms with Crippen LogP contribution in [0.15, 0.2) is 24.3 Å². The number of rotatable bonds is 4. The summed E-state index contributed by atoms with van der Waals surface area (Å²) in [6.07, 6.45) is -4.04. The average molecular weight is 235 g/mol. The maximum atomic E-state index is 12.9. The lowest BCUT2D eigenvalue weighted by atomic mass is 10.1. The van der Waals surface area contributed by atoms with Gasteiger partial charge in [-0.1, -0.05) is 30.7 Å². The molecule has 1 nitrogen and oxygen atoms in total. The van der Waals surface area contributed by atoms with E-state index in [0.29, 0.717) is 10.6 Å². The van der Waals surface area contributed by atoms with Gasteiger partial charge in [0.15, 0.2) is 0 Å². The first-order valence-electron chi connectivity index (χ1n) is 4.75. The van der Waals surface area contributed by atoms with Gasteiger partial charge in [0.25, 0.3) is 0 Å². The zero-order valence-electron chi connectivity index (χ0n) is 8.64. The number of benzene rings is 1. The Bertz CT molecular complexity index is 311.